The predicted octanol–water partition coefficient (Wildman–Crippen LogP) is 1.00. The summed E-state index contributed by atoms with van der Waals surface area (Å²) in [5.41, 5.74) is 7.03. The standard InChI is InChI=1S/C12H16N2O2/c13-9-5-8(7-1-2-7)6-14(12(9)16)10-3-4-11(10)15/h5-7,10-11,15H,1-4,13H2/t10?,11-/m0/s1. The number of hydrogen-bond acceptors (Lipinski definition) is 3. The molecule has 0 spiro atoms. The van der Waals surface area contributed by atoms with Crippen LogP contribution in [0, 0.1) is 0 Å². The smallest absolute Gasteiger partial charge is 0.274 e. The normalized spacial score (nSPS) is 28.8. The van der Waals surface area contributed by atoms with E-state index in [0.29, 0.717) is 11.6 Å². The first-order chi connectivity index (χ1) is 7.66. The zero-order chi connectivity index (χ0) is 11.3. The average Bonchev–Trinajstić information content (AvgIpc) is 3.05. The highest BCUT2D eigenvalue weighted by molar-refractivity contribution is 5.40. The number of rotatable bonds is 2. The minimum atomic E-state index is -0.383. The molecule has 2 saturated carbocycles. The van der Waals surface area contributed by atoms with Gasteiger partial charge in [-0.2, -0.15) is 0 Å². The van der Waals surface area contributed by atoms with Gasteiger partial charge < -0.3 is 15.4 Å². The minimum Gasteiger partial charge on any atom is -0.394 e. The molecule has 86 valence electrons. The molecule has 4 heteroatoms. The van der Waals surface area contributed by atoms with Gasteiger partial charge in [0, 0.05) is 6.20 Å². The Morgan fingerprint density at radius 2 is 2.06 bits per heavy atom. The van der Waals surface area contributed by atoms with Crippen molar-refractivity contribution in [2.45, 2.75) is 43.7 Å². The van der Waals surface area contributed by atoms with Crippen LogP contribution in [0.25, 0.3) is 0 Å². The fraction of sp³-hybridized carbons (Fsp3) is 0.583. The highest BCUT2D eigenvalue weighted by Gasteiger charge is 2.33. The third-order valence-electron chi connectivity index (χ3n) is 3.70. The van der Waals surface area contributed by atoms with Gasteiger partial charge in [0.2, 0.25) is 0 Å². The Bertz CT molecular complexity index is 476. The zero-order valence-corrected chi connectivity index (χ0v) is 9.10. The van der Waals surface area contributed by atoms with Crippen LogP contribution in [0.4, 0.5) is 5.69 Å². The number of anilines is 1. The predicted molar refractivity (Wildman–Crippen MR) is 61.4 cm³/mol. The van der Waals surface area contributed by atoms with Crippen LogP contribution < -0.4 is 11.3 Å². The summed E-state index contributed by atoms with van der Waals surface area (Å²) in [6.45, 7) is 0. The van der Waals surface area contributed by atoms with Crippen LogP contribution in [0.2, 0.25) is 0 Å². The van der Waals surface area contributed by atoms with Crippen molar-refractivity contribution in [2.24, 2.45) is 0 Å². The Morgan fingerprint density at radius 1 is 1.31 bits per heavy atom. The topological polar surface area (TPSA) is 68.2 Å². The minimum absolute atomic E-state index is 0.0616. The molecule has 0 aromatic carbocycles. The number of nitrogens with two attached hydrogens (primary N) is 1. The Morgan fingerprint density at radius 3 is 2.56 bits per heavy atom. The van der Waals surface area contributed by atoms with E-state index in [2.05, 4.69) is 0 Å². The van der Waals surface area contributed by atoms with E-state index in [1.807, 2.05) is 6.20 Å². The number of aliphatic hydroxyl groups excluding tert-OH is 1. The van der Waals surface area contributed by atoms with E-state index < -0.39 is 0 Å². The van der Waals surface area contributed by atoms with Gasteiger partial charge in [0.25, 0.3) is 5.56 Å². The van der Waals surface area contributed by atoms with Gasteiger partial charge in [0.05, 0.1) is 17.8 Å². The van der Waals surface area contributed by atoms with Crippen molar-refractivity contribution in [3.05, 3.63) is 28.2 Å². The second-order valence-electron chi connectivity index (χ2n) is 4.93. The largest absolute Gasteiger partial charge is 0.394 e. The molecule has 0 amide bonds. The molecular weight excluding hydrogens is 204 g/mol. The molecule has 2 aliphatic rings. The van der Waals surface area contributed by atoms with E-state index in [0.717, 1.165) is 18.4 Å². The lowest BCUT2D eigenvalue weighted by Gasteiger charge is -2.34. The van der Waals surface area contributed by atoms with Gasteiger partial charge in [0.1, 0.15) is 0 Å². The maximum atomic E-state index is 11.9. The summed E-state index contributed by atoms with van der Waals surface area (Å²) in [5, 5.41) is 9.62. The van der Waals surface area contributed by atoms with Gasteiger partial charge in [-0.25, -0.2) is 0 Å². The van der Waals surface area contributed by atoms with E-state index >= 15 is 0 Å². The van der Waals surface area contributed by atoms with E-state index in [9.17, 15) is 9.90 Å². The number of pyridine rings is 1. The van der Waals surface area contributed by atoms with Gasteiger partial charge in [-0.1, -0.05) is 0 Å². The molecule has 0 bridgehead atoms. The molecule has 1 heterocycles. The number of nitrogen functional groups attached to an aromatic ring is 1. The molecule has 3 N–H and O–H groups in total. The van der Waals surface area contributed by atoms with Gasteiger partial charge in [-0.15, -0.1) is 0 Å². The Balaban J connectivity index is 2.04. The van der Waals surface area contributed by atoms with Gasteiger partial charge in [-0.3, -0.25) is 4.79 Å². The fourth-order valence-electron chi connectivity index (χ4n) is 2.32. The van der Waals surface area contributed by atoms with Crippen molar-refractivity contribution in [2.75, 3.05) is 5.73 Å². The monoisotopic (exact) mass is 220 g/mol. The van der Waals surface area contributed by atoms with Crippen LogP contribution in [0.1, 0.15) is 43.2 Å². The molecule has 16 heavy (non-hydrogen) atoms. The van der Waals surface area contributed by atoms with E-state index in [1.165, 1.54) is 12.8 Å². The lowest BCUT2D eigenvalue weighted by molar-refractivity contribution is 0.0299. The zero-order valence-electron chi connectivity index (χ0n) is 9.10. The summed E-state index contributed by atoms with van der Waals surface area (Å²) < 4.78 is 1.64. The summed E-state index contributed by atoms with van der Waals surface area (Å²) in [6.07, 6.45) is 5.53. The number of hydrogen-bond donors (Lipinski definition) is 2. The van der Waals surface area contributed by atoms with Crippen LogP contribution >= 0.6 is 0 Å². The van der Waals surface area contributed by atoms with Crippen LogP contribution in [0.5, 0.6) is 0 Å². The molecule has 2 fully saturated rings. The molecule has 4 nitrogen and oxygen atoms in total. The fourth-order valence-corrected chi connectivity index (χ4v) is 2.32. The highest BCUT2D eigenvalue weighted by Crippen LogP contribution is 2.41. The Hall–Kier alpha value is -1.29. The lowest BCUT2D eigenvalue weighted by atomic mass is 9.88. The molecule has 0 radical (unpaired) electrons. The molecule has 0 aliphatic heterocycles. The summed E-state index contributed by atoms with van der Waals surface area (Å²) in [6, 6.07) is 1.73. The second kappa shape index (κ2) is 3.35. The summed E-state index contributed by atoms with van der Waals surface area (Å²) in [4.78, 5) is 11.9. The van der Waals surface area contributed by atoms with E-state index in [-0.39, 0.29) is 17.7 Å². The molecule has 1 aromatic rings. The molecule has 2 atom stereocenters. The quantitative estimate of drug-likeness (QED) is 0.781. The van der Waals surface area contributed by atoms with Crippen LogP contribution in [-0.4, -0.2) is 15.8 Å². The van der Waals surface area contributed by atoms with Crippen molar-refractivity contribution < 1.29 is 5.11 Å². The molecular formula is C12H16N2O2. The second-order valence-corrected chi connectivity index (χ2v) is 4.93. The van der Waals surface area contributed by atoms with Gasteiger partial charge >= 0.3 is 0 Å². The van der Waals surface area contributed by atoms with Crippen molar-refractivity contribution in [3.8, 4) is 0 Å². The van der Waals surface area contributed by atoms with Crippen molar-refractivity contribution >= 4 is 5.69 Å². The maximum Gasteiger partial charge on any atom is 0.274 e. The van der Waals surface area contributed by atoms with Crippen LogP contribution in [0.15, 0.2) is 17.1 Å². The van der Waals surface area contributed by atoms with Crippen LogP contribution in [-0.2, 0) is 0 Å². The van der Waals surface area contributed by atoms with E-state index in [4.69, 9.17) is 5.73 Å². The first-order valence-corrected chi connectivity index (χ1v) is 5.86. The molecule has 2 aliphatic carbocycles. The number of nitrogens with zero attached hydrogens (tertiary/aromatic N) is 1. The Labute approximate surface area is 93.7 Å². The molecule has 3 rings (SSSR count). The van der Waals surface area contributed by atoms with Crippen LogP contribution in [0.3, 0.4) is 0 Å². The first kappa shape index (κ1) is 9.90. The van der Waals surface area contributed by atoms with Crippen molar-refractivity contribution in [3.63, 3.8) is 0 Å². The first-order valence-electron chi connectivity index (χ1n) is 5.86. The summed E-state index contributed by atoms with van der Waals surface area (Å²) in [5.74, 6) is 0.575. The third kappa shape index (κ3) is 1.45. The molecule has 1 unspecified atom stereocenters. The average molecular weight is 220 g/mol. The Kier molecular flexibility index (Phi) is 2.07. The number of aromatic nitrogens is 1. The molecule has 1 aromatic heterocycles. The third-order valence-corrected chi connectivity index (χ3v) is 3.70. The van der Waals surface area contributed by atoms with Gasteiger partial charge in [-0.05, 0) is 43.2 Å². The lowest BCUT2D eigenvalue weighted by Crippen LogP contribution is -2.39. The summed E-state index contributed by atoms with van der Waals surface area (Å²) in [7, 11) is 0. The highest BCUT2D eigenvalue weighted by atomic mass is 16.3. The summed E-state index contributed by atoms with van der Waals surface area (Å²) >= 11 is 0. The van der Waals surface area contributed by atoms with Crippen molar-refractivity contribution in [1.29, 1.82) is 0 Å². The maximum absolute atomic E-state index is 11.9. The molecule has 0 saturated heterocycles. The van der Waals surface area contributed by atoms with Crippen molar-refractivity contribution in [1.82, 2.24) is 4.57 Å². The SMILES string of the molecule is Nc1cc(C2CC2)cn(C2CC[C@@H]2O)c1=O. The number of aliphatic hydroxyl groups is 1. The van der Waals surface area contributed by atoms with E-state index in [1.54, 1.807) is 10.6 Å². The van der Waals surface area contributed by atoms with Gasteiger partial charge in [0.15, 0.2) is 0 Å².